The van der Waals surface area contributed by atoms with Crippen LogP contribution in [0.15, 0.2) is 42.0 Å². The third kappa shape index (κ3) is 7.12. The van der Waals surface area contributed by atoms with E-state index in [1.807, 2.05) is 29.2 Å². The molecule has 3 aromatic rings. The first kappa shape index (κ1) is 27.3. The lowest BCUT2D eigenvalue weighted by atomic mass is 10.1. The number of carboxylic acid groups (broad SMARTS) is 1. The molecule has 0 fully saturated rings. The van der Waals surface area contributed by atoms with Gasteiger partial charge in [0.05, 0.1) is 0 Å². The van der Waals surface area contributed by atoms with Gasteiger partial charge in [-0.15, -0.1) is 22.7 Å². The molecule has 0 atom stereocenters. The van der Waals surface area contributed by atoms with Crippen molar-refractivity contribution in [3.05, 3.63) is 68.9 Å². The molecule has 0 unspecified atom stereocenters. The molecule has 0 radical (unpaired) electrons. The van der Waals surface area contributed by atoms with Crippen LogP contribution in [0.5, 0.6) is 0 Å². The number of unbranched alkanes of at least 4 members (excludes halogenated alkanes) is 2. The van der Waals surface area contributed by atoms with Crippen LogP contribution in [0.4, 0.5) is 14.5 Å². The summed E-state index contributed by atoms with van der Waals surface area (Å²) in [5, 5.41) is 18.0. The van der Waals surface area contributed by atoms with Gasteiger partial charge in [-0.05, 0) is 67.0 Å². The van der Waals surface area contributed by atoms with Gasteiger partial charge in [-0.2, -0.15) is 5.26 Å². The fourth-order valence-corrected chi connectivity index (χ4v) is 5.57. The Morgan fingerprint density at radius 2 is 1.53 bits per heavy atom. The van der Waals surface area contributed by atoms with Crippen molar-refractivity contribution in [3.8, 4) is 15.8 Å². The highest BCUT2D eigenvalue weighted by Crippen LogP contribution is 2.35. The molecule has 0 saturated heterocycles. The minimum Gasteiger partial charge on any atom is -0.477 e. The van der Waals surface area contributed by atoms with E-state index in [0.717, 1.165) is 40.3 Å². The van der Waals surface area contributed by atoms with Crippen molar-refractivity contribution in [2.75, 3.05) is 18.0 Å². The zero-order valence-corrected chi connectivity index (χ0v) is 21.9. The van der Waals surface area contributed by atoms with Gasteiger partial charge in [0.1, 0.15) is 29.0 Å². The first-order valence-corrected chi connectivity index (χ1v) is 13.5. The molecule has 1 aromatic carbocycles. The third-order valence-corrected chi connectivity index (χ3v) is 7.77. The second kappa shape index (κ2) is 13.1. The van der Waals surface area contributed by atoms with Crippen molar-refractivity contribution in [2.24, 2.45) is 0 Å². The molecule has 0 aliphatic rings. The van der Waals surface area contributed by atoms with Gasteiger partial charge < -0.3 is 10.0 Å². The number of aliphatic carboxylic acids is 1. The smallest absolute Gasteiger partial charge is 0.346 e. The Morgan fingerprint density at radius 1 is 0.972 bits per heavy atom. The number of carbonyl (C=O) groups is 1. The number of halogens is 2. The maximum Gasteiger partial charge on any atom is 0.346 e. The Kier molecular flexibility index (Phi) is 9.97. The summed E-state index contributed by atoms with van der Waals surface area (Å²) in [7, 11) is 0. The minimum absolute atomic E-state index is 0.0532. The molecule has 0 saturated carbocycles. The number of benzene rings is 1. The summed E-state index contributed by atoms with van der Waals surface area (Å²) in [6.07, 6.45) is 8.55. The molecule has 0 aliphatic carbocycles. The van der Waals surface area contributed by atoms with Gasteiger partial charge >= 0.3 is 5.97 Å². The van der Waals surface area contributed by atoms with Crippen LogP contribution in [0, 0.1) is 23.0 Å². The highest BCUT2D eigenvalue weighted by Gasteiger charge is 2.17. The predicted molar refractivity (Wildman–Crippen MR) is 146 cm³/mol. The van der Waals surface area contributed by atoms with Crippen LogP contribution in [-0.2, 0) is 4.79 Å². The maximum atomic E-state index is 15.0. The normalized spacial score (nSPS) is 11.7. The number of thiophene rings is 2. The minimum atomic E-state index is -1.26. The van der Waals surface area contributed by atoms with E-state index in [1.54, 1.807) is 18.2 Å². The zero-order chi connectivity index (χ0) is 26.1. The molecule has 0 spiro atoms. The van der Waals surface area contributed by atoms with Crippen LogP contribution in [0.3, 0.4) is 0 Å². The summed E-state index contributed by atoms with van der Waals surface area (Å²) < 4.78 is 29.9. The monoisotopic (exact) mass is 526 g/mol. The Hall–Kier alpha value is -3.28. The topological polar surface area (TPSA) is 64.3 Å². The lowest BCUT2D eigenvalue weighted by molar-refractivity contribution is -0.132. The number of nitrogens with zero attached hydrogens (tertiary/aromatic N) is 2. The molecular formula is C28H28F2N2O2S2. The van der Waals surface area contributed by atoms with Gasteiger partial charge in [0.15, 0.2) is 0 Å². The largest absolute Gasteiger partial charge is 0.477 e. The van der Waals surface area contributed by atoms with Crippen LogP contribution in [0.25, 0.3) is 28.0 Å². The highest BCUT2D eigenvalue weighted by molar-refractivity contribution is 7.23. The van der Waals surface area contributed by atoms with E-state index in [0.29, 0.717) is 23.5 Å². The summed E-state index contributed by atoms with van der Waals surface area (Å²) in [5.74, 6) is -2.36. The lowest BCUT2D eigenvalue weighted by Gasteiger charge is -2.25. The van der Waals surface area contributed by atoms with Gasteiger partial charge in [-0.1, -0.05) is 32.8 Å². The van der Waals surface area contributed by atoms with Crippen LogP contribution < -0.4 is 4.90 Å². The van der Waals surface area contributed by atoms with Crippen molar-refractivity contribution >= 4 is 52.6 Å². The van der Waals surface area contributed by atoms with Gasteiger partial charge in [-0.25, -0.2) is 13.6 Å². The Morgan fingerprint density at radius 3 is 2.06 bits per heavy atom. The molecule has 188 valence electrons. The van der Waals surface area contributed by atoms with Gasteiger partial charge in [0.2, 0.25) is 0 Å². The molecule has 2 aromatic heterocycles. The van der Waals surface area contributed by atoms with E-state index >= 15 is 0 Å². The van der Waals surface area contributed by atoms with E-state index in [9.17, 15) is 13.6 Å². The van der Waals surface area contributed by atoms with Gasteiger partial charge in [0, 0.05) is 32.6 Å². The molecule has 1 N–H and O–H groups in total. The SMILES string of the molecule is CCCCN(CCCC)c1c(F)cc(/C=C/c2ccc(-c3ccc(/C=C(/C#N)C(=O)O)s3)s2)cc1F. The molecule has 4 nitrogen and oxygen atoms in total. The molecule has 0 bridgehead atoms. The molecule has 8 heteroatoms. The maximum absolute atomic E-state index is 15.0. The zero-order valence-electron chi connectivity index (χ0n) is 20.3. The van der Waals surface area contributed by atoms with Gasteiger partial charge in [-0.3, -0.25) is 0 Å². The molecule has 36 heavy (non-hydrogen) atoms. The number of anilines is 1. The number of nitriles is 1. The third-order valence-electron chi connectivity index (χ3n) is 5.49. The molecule has 0 amide bonds. The number of rotatable bonds is 12. The van der Waals surface area contributed by atoms with E-state index in [1.165, 1.54) is 40.9 Å². The van der Waals surface area contributed by atoms with E-state index in [4.69, 9.17) is 10.4 Å². The van der Waals surface area contributed by atoms with Crippen molar-refractivity contribution in [1.82, 2.24) is 0 Å². The Bertz CT molecular complexity index is 1270. The van der Waals surface area contributed by atoms with Crippen LogP contribution in [0.1, 0.15) is 54.8 Å². The quantitative estimate of drug-likeness (QED) is 0.190. The average Bonchev–Trinajstić information content (AvgIpc) is 3.51. The summed E-state index contributed by atoms with van der Waals surface area (Å²) in [4.78, 5) is 16.4. The molecular weight excluding hydrogens is 498 g/mol. The Balaban J connectivity index is 1.77. The Labute approximate surface area is 218 Å². The predicted octanol–water partition coefficient (Wildman–Crippen LogP) is 8.32. The van der Waals surface area contributed by atoms with E-state index in [-0.39, 0.29) is 11.3 Å². The molecule has 2 heterocycles. The van der Waals surface area contributed by atoms with Crippen molar-refractivity contribution in [1.29, 1.82) is 5.26 Å². The first-order chi connectivity index (χ1) is 17.4. The van der Waals surface area contributed by atoms with Crippen molar-refractivity contribution in [2.45, 2.75) is 39.5 Å². The van der Waals surface area contributed by atoms with Crippen molar-refractivity contribution < 1.29 is 18.7 Å². The average molecular weight is 527 g/mol. The second-order valence-electron chi connectivity index (χ2n) is 8.24. The number of hydrogen-bond acceptors (Lipinski definition) is 5. The van der Waals surface area contributed by atoms with Gasteiger partial charge in [0.25, 0.3) is 0 Å². The number of carboxylic acids is 1. The number of hydrogen-bond donors (Lipinski definition) is 1. The van der Waals surface area contributed by atoms with E-state index < -0.39 is 17.6 Å². The summed E-state index contributed by atoms with van der Waals surface area (Å²) in [6, 6.07) is 11.9. The summed E-state index contributed by atoms with van der Waals surface area (Å²) in [5.41, 5.74) is 0.191. The van der Waals surface area contributed by atoms with Crippen LogP contribution in [-0.4, -0.2) is 24.2 Å². The van der Waals surface area contributed by atoms with E-state index in [2.05, 4.69) is 13.8 Å². The van der Waals surface area contributed by atoms with Crippen LogP contribution >= 0.6 is 22.7 Å². The highest BCUT2D eigenvalue weighted by atomic mass is 32.1. The molecule has 0 aliphatic heterocycles. The summed E-state index contributed by atoms with van der Waals surface area (Å²) in [6.45, 7) is 5.39. The van der Waals surface area contributed by atoms with Crippen LogP contribution in [0.2, 0.25) is 0 Å². The van der Waals surface area contributed by atoms with Crippen molar-refractivity contribution in [3.63, 3.8) is 0 Å². The standard InChI is InChI=1S/C28H28F2N2O2S2/c1-3-5-13-32(14-6-4-2)27-23(29)15-19(16-24(27)30)7-8-21-9-11-25(35-21)26-12-10-22(36-26)17-20(18-31)28(33)34/h7-12,15-17H,3-6,13-14H2,1-2H3,(H,33,34)/b8-7+,20-17-. The molecule has 3 rings (SSSR count). The summed E-state index contributed by atoms with van der Waals surface area (Å²) >= 11 is 2.90. The fourth-order valence-electron chi connectivity index (χ4n) is 3.62. The first-order valence-electron chi connectivity index (χ1n) is 11.8. The second-order valence-corrected chi connectivity index (χ2v) is 10.5. The fraction of sp³-hybridized carbons (Fsp3) is 0.286. The lowest BCUT2D eigenvalue weighted by Crippen LogP contribution is -2.27.